The zero-order chi connectivity index (χ0) is 13.8. The van der Waals surface area contributed by atoms with E-state index in [-0.39, 0.29) is 17.2 Å². The molecule has 0 spiro atoms. The minimum atomic E-state index is -0.113. The number of hydrogen-bond acceptors (Lipinski definition) is 3. The molecule has 1 aromatic carbocycles. The van der Waals surface area contributed by atoms with Crippen LogP contribution in [-0.2, 0) is 13.0 Å². The fraction of sp³-hybridized carbons (Fsp3) is 0.308. The lowest BCUT2D eigenvalue weighted by Crippen LogP contribution is -2.12. The van der Waals surface area contributed by atoms with Crippen LogP contribution in [0.1, 0.15) is 29.5 Å². The number of benzene rings is 1. The number of Topliss-reactive ketones (excluding diaryl/α,β-unsaturated/α-hetero) is 1. The van der Waals surface area contributed by atoms with Crippen molar-refractivity contribution >= 4 is 29.0 Å². The monoisotopic (exact) mass is 297 g/mol. The zero-order valence-electron chi connectivity index (χ0n) is 10.4. The zero-order valence-corrected chi connectivity index (χ0v) is 11.9. The van der Waals surface area contributed by atoms with Crippen molar-refractivity contribution in [2.45, 2.75) is 26.3 Å². The maximum absolute atomic E-state index is 12.2. The molecule has 19 heavy (non-hydrogen) atoms. The maximum Gasteiger partial charge on any atom is 0.171 e. The predicted molar refractivity (Wildman–Crippen MR) is 74.8 cm³/mol. The summed E-state index contributed by atoms with van der Waals surface area (Å²) in [6.45, 7) is 2.78. The number of rotatable bonds is 5. The second-order valence-electron chi connectivity index (χ2n) is 4.10. The first-order chi connectivity index (χ1) is 9.13. The predicted octanol–water partition coefficient (Wildman–Crippen LogP) is 3.42. The van der Waals surface area contributed by atoms with Crippen LogP contribution in [0.2, 0.25) is 10.0 Å². The van der Waals surface area contributed by atoms with Gasteiger partial charge in [0.15, 0.2) is 5.78 Å². The Kier molecular flexibility index (Phi) is 4.56. The minimum Gasteiger partial charge on any atom is -0.294 e. The molecule has 0 amide bonds. The van der Waals surface area contributed by atoms with Crippen LogP contribution in [-0.4, -0.2) is 20.5 Å². The van der Waals surface area contributed by atoms with Crippen molar-refractivity contribution in [3.63, 3.8) is 0 Å². The first-order valence-electron chi connectivity index (χ1n) is 5.97. The van der Waals surface area contributed by atoms with Gasteiger partial charge in [-0.3, -0.25) is 4.79 Å². The van der Waals surface area contributed by atoms with Crippen LogP contribution in [0.4, 0.5) is 0 Å². The Morgan fingerprint density at radius 3 is 2.89 bits per heavy atom. The molecule has 0 aliphatic rings. The van der Waals surface area contributed by atoms with E-state index in [1.165, 1.54) is 6.33 Å². The van der Waals surface area contributed by atoms with Crippen LogP contribution >= 0.6 is 23.2 Å². The number of nitrogens with zero attached hydrogens (tertiary/aromatic N) is 3. The van der Waals surface area contributed by atoms with Crippen molar-refractivity contribution in [3.05, 3.63) is 46.0 Å². The number of halogens is 2. The lowest BCUT2D eigenvalue weighted by atomic mass is 10.1. The van der Waals surface area contributed by atoms with Gasteiger partial charge in [0.05, 0.1) is 16.5 Å². The van der Waals surface area contributed by atoms with E-state index < -0.39 is 0 Å². The van der Waals surface area contributed by atoms with Gasteiger partial charge in [-0.1, -0.05) is 36.2 Å². The Labute approximate surface area is 121 Å². The molecule has 100 valence electrons. The van der Waals surface area contributed by atoms with Gasteiger partial charge in [0.25, 0.3) is 0 Å². The topological polar surface area (TPSA) is 47.8 Å². The molecule has 4 nitrogen and oxygen atoms in total. The highest BCUT2D eigenvalue weighted by molar-refractivity contribution is 6.43. The molecule has 0 atom stereocenters. The molecule has 0 bridgehead atoms. The van der Waals surface area contributed by atoms with E-state index in [9.17, 15) is 4.79 Å². The SMILES string of the molecule is CCCn1ncnc1CC(=O)c1cccc(Cl)c1Cl. The summed E-state index contributed by atoms with van der Waals surface area (Å²) in [7, 11) is 0. The van der Waals surface area contributed by atoms with Gasteiger partial charge in [0.1, 0.15) is 12.2 Å². The molecule has 0 aliphatic heterocycles. The largest absolute Gasteiger partial charge is 0.294 e. The molecule has 0 N–H and O–H groups in total. The Bertz CT molecular complexity index is 595. The van der Waals surface area contributed by atoms with Gasteiger partial charge in [0.2, 0.25) is 0 Å². The normalized spacial score (nSPS) is 10.7. The number of hydrogen-bond donors (Lipinski definition) is 0. The molecular formula is C13H13Cl2N3O. The van der Waals surface area contributed by atoms with E-state index >= 15 is 0 Å². The molecule has 0 saturated heterocycles. The molecular weight excluding hydrogens is 285 g/mol. The number of aromatic nitrogens is 3. The minimum absolute atomic E-state index is 0.113. The fourth-order valence-electron chi connectivity index (χ4n) is 1.78. The molecule has 1 heterocycles. The second kappa shape index (κ2) is 6.17. The smallest absolute Gasteiger partial charge is 0.171 e. The summed E-state index contributed by atoms with van der Waals surface area (Å²) in [5.41, 5.74) is 0.417. The molecule has 2 rings (SSSR count). The summed E-state index contributed by atoms with van der Waals surface area (Å²) in [5.74, 6) is 0.528. The summed E-state index contributed by atoms with van der Waals surface area (Å²) >= 11 is 11.9. The maximum atomic E-state index is 12.2. The summed E-state index contributed by atoms with van der Waals surface area (Å²) in [6.07, 6.45) is 2.56. The summed E-state index contributed by atoms with van der Waals surface area (Å²) in [6, 6.07) is 5.02. The Morgan fingerprint density at radius 2 is 2.16 bits per heavy atom. The lowest BCUT2D eigenvalue weighted by Gasteiger charge is -2.06. The van der Waals surface area contributed by atoms with Crippen molar-refractivity contribution in [1.82, 2.24) is 14.8 Å². The van der Waals surface area contributed by atoms with E-state index in [0.29, 0.717) is 16.4 Å². The molecule has 0 fully saturated rings. The van der Waals surface area contributed by atoms with Crippen LogP contribution in [0.5, 0.6) is 0 Å². The number of aryl methyl sites for hydroxylation is 1. The third kappa shape index (κ3) is 3.14. The molecule has 1 aromatic heterocycles. The van der Waals surface area contributed by atoms with Crippen LogP contribution in [0, 0.1) is 0 Å². The van der Waals surface area contributed by atoms with E-state index in [1.54, 1.807) is 22.9 Å². The molecule has 0 aliphatic carbocycles. The van der Waals surface area contributed by atoms with Crippen molar-refractivity contribution in [3.8, 4) is 0 Å². The molecule has 6 heteroatoms. The van der Waals surface area contributed by atoms with Gasteiger partial charge in [0, 0.05) is 12.1 Å². The average molecular weight is 298 g/mol. The van der Waals surface area contributed by atoms with Gasteiger partial charge in [-0.15, -0.1) is 0 Å². The third-order valence-corrected chi connectivity index (χ3v) is 3.52. The van der Waals surface area contributed by atoms with Crippen molar-refractivity contribution < 1.29 is 4.79 Å². The van der Waals surface area contributed by atoms with Crippen LogP contribution in [0.25, 0.3) is 0 Å². The molecule has 0 radical (unpaired) electrons. The Morgan fingerprint density at radius 1 is 1.37 bits per heavy atom. The summed E-state index contributed by atoms with van der Waals surface area (Å²) in [5, 5.41) is 4.75. The lowest BCUT2D eigenvalue weighted by molar-refractivity contribution is 0.0989. The van der Waals surface area contributed by atoms with E-state index in [4.69, 9.17) is 23.2 Å². The first-order valence-corrected chi connectivity index (χ1v) is 6.73. The van der Waals surface area contributed by atoms with Crippen molar-refractivity contribution in [2.24, 2.45) is 0 Å². The highest BCUT2D eigenvalue weighted by atomic mass is 35.5. The third-order valence-electron chi connectivity index (χ3n) is 2.70. The highest BCUT2D eigenvalue weighted by Gasteiger charge is 2.16. The summed E-state index contributed by atoms with van der Waals surface area (Å²) in [4.78, 5) is 16.3. The Hall–Kier alpha value is -1.39. The van der Waals surface area contributed by atoms with Gasteiger partial charge < -0.3 is 0 Å². The molecule has 0 unspecified atom stereocenters. The fourth-order valence-corrected chi connectivity index (χ4v) is 2.19. The van der Waals surface area contributed by atoms with E-state index in [2.05, 4.69) is 10.1 Å². The van der Waals surface area contributed by atoms with Gasteiger partial charge in [-0.05, 0) is 18.6 Å². The van der Waals surface area contributed by atoms with E-state index in [0.717, 1.165) is 13.0 Å². The number of carbonyl (C=O) groups excluding carboxylic acids is 1. The van der Waals surface area contributed by atoms with Crippen molar-refractivity contribution in [2.75, 3.05) is 0 Å². The van der Waals surface area contributed by atoms with E-state index in [1.807, 2.05) is 6.92 Å². The van der Waals surface area contributed by atoms with Gasteiger partial charge in [-0.2, -0.15) is 5.10 Å². The molecule has 0 saturated carbocycles. The van der Waals surface area contributed by atoms with Crippen LogP contribution < -0.4 is 0 Å². The van der Waals surface area contributed by atoms with Crippen molar-refractivity contribution in [1.29, 1.82) is 0 Å². The van der Waals surface area contributed by atoms with Gasteiger partial charge >= 0.3 is 0 Å². The van der Waals surface area contributed by atoms with Gasteiger partial charge in [-0.25, -0.2) is 9.67 Å². The highest BCUT2D eigenvalue weighted by Crippen LogP contribution is 2.26. The number of ketones is 1. The quantitative estimate of drug-likeness (QED) is 0.795. The molecule has 2 aromatic rings. The van der Waals surface area contributed by atoms with Crippen LogP contribution in [0.15, 0.2) is 24.5 Å². The van der Waals surface area contributed by atoms with Crippen LogP contribution in [0.3, 0.4) is 0 Å². The standard InChI is InChI=1S/C13H13Cl2N3O/c1-2-6-18-12(16-8-17-18)7-11(19)9-4-3-5-10(14)13(9)15/h3-5,8H,2,6-7H2,1H3. The summed E-state index contributed by atoms with van der Waals surface area (Å²) < 4.78 is 1.73. The second-order valence-corrected chi connectivity index (χ2v) is 4.89. The number of carbonyl (C=O) groups is 1. The first kappa shape index (κ1) is 14.0. The average Bonchev–Trinajstić information content (AvgIpc) is 2.80. The Balaban J connectivity index is 2.21.